The van der Waals surface area contributed by atoms with Crippen molar-refractivity contribution in [3.63, 3.8) is 0 Å². The van der Waals surface area contributed by atoms with Crippen LogP contribution in [0.5, 0.6) is 0 Å². The molecule has 0 aliphatic heterocycles. The van der Waals surface area contributed by atoms with Crippen molar-refractivity contribution in [3.8, 4) is 28.6 Å². The molecule has 2 aromatic heterocycles. The van der Waals surface area contributed by atoms with E-state index in [9.17, 15) is 20.0 Å². The Kier molecular flexibility index (Phi) is 8.36. The Hall–Kier alpha value is -5.78. The number of hydrogen-bond donors (Lipinski definition) is 2. The number of anilines is 1. The van der Waals surface area contributed by atoms with Crippen molar-refractivity contribution >= 4 is 40.2 Å². The van der Waals surface area contributed by atoms with Crippen LogP contribution in [0.3, 0.4) is 0 Å². The van der Waals surface area contributed by atoms with Crippen molar-refractivity contribution < 1.29 is 14.7 Å². The molecular formula is C37H26N4O3S. The summed E-state index contributed by atoms with van der Waals surface area (Å²) in [6.07, 6.45) is 0. The van der Waals surface area contributed by atoms with Crippen LogP contribution in [0.1, 0.15) is 32.3 Å². The summed E-state index contributed by atoms with van der Waals surface area (Å²) in [7, 11) is 0. The zero-order chi connectivity index (χ0) is 31.3. The molecule has 0 fully saturated rings. The Morgan fingerprint density at radius 2 is 1.47 bits per heavy atom. The molecule has 6 rings (SSSR count). The summed E-state index contributed by atoms with van der Waals surface area (Å²) in [5.41, 5.74) is 6.48. The molecule has 0 aliphatic carbocycles. The number of pyridine rings is 2. The number of nitrogens with zero attached hydrogens (tertiary/aromatic N) is 3. The number of fused-ring (bicyclic) bond motifs is 1. The first-order valence-electron chi connectivity index (χ1n) is 14.1. The maximum Gasteiger partial charge on any atom is 0.336 e. The molecule has 45 heavy (non-hydrogen) atoms. The maximum absolute atomic E-state index is 13.8. The number of carbonyl (C=O) groups is 2. The average Bonchev–Trinajstić information content (AvgIpc) is 3.07. The van der Waals surface area contributed by atoms with Crippen LogP contribution in [-0.4, -0.2) is 27.0 Å². The third-order valence-electron chi connectivity index (χ3n) is 7.29. The summed E-state index contributed by atoms with van der Waals surface area (Å²) in [6.45, 7) is 2.02. The van der Waals surface area contributed by atoms with E-state index in [1.807, 2.05) is 73.7 Å². The Morgan fingerprint density at radius 3 is 2.18 bits per heavy atom. The SMILES string of the molecule is Cc1ccc(-c2ccc(C#N)c(SC(C(=O)Nc3ccc(-c4cc(C(=O)O)c5ccccc5n4)cc3)c3ccccc3)n2)cc1. The van der Waals surface area contributed by atoms with E-state index < -0.39 is 11.2 Å². The first kappa shape index (κ1) is 29.3. The fourth-order valence-electron chi connectivity index (χ4n) is 4.95. The van der Waals surface area contributed by atoms with E-state index in [0.29, 0.717) is 44.1 Å². The fraction of sp³-hybridized carbons (Fsp3) is 0.0541. The maximum atomic E-state index is 13.8. The molecule has 0 radical (unpaired) electrons. The lowest BCUT2D eigenvalue weighted by Gasteiger charge is -2.18. The van der Waals surface area contributed by atoms with Gasteiger partial charge in [-0.3, -0.25) is 4.79 Å². The molecule has 8 heteroatoms. The molecule has 218 valence electrons. The number of rotatable bonds is 8. The molecule has 1 unspecified atom stereocenters. The number of nitrogens with one attached hydrogen (secondary N) is 1. The summed E-state index contributed by atoms with van der Waals surface area (Å²) in [4.78, 5) is 35.2. The normalized spacial score (nSPS) is 11.5. The Labute approximate surface area is 264 Å². The molecule has 0 aliphatic rings. The molecular weight excluding hydrogens is 580 g/mol. The zero-order valence-electron chi connectivity index (χ0n) is 24.1. The number of thioether (sulfide) groups is 1. The van der Waals surface area contributed by atoms with Gasteiger partial charge in [-0.05, 0) is 48.9 Å². The average molecular weight is 607 g/mol. The van der Waals surface area contributed by atoms with Crippen LogP contribution in [0.25, 0.3) is 33.4 Å². The molecule has 1 atom stereocenters. The highest BCUT2D eigenvalue weighted by molar-refractivity contribution is 8.00. The van der Waals surface area contributed by atoms with E-state index >= 15 is 0 Å². The third kappa shape index (κ3) is 6.44. The Balaban J connectivity index is 1.28. The van der Waals surface area contributed by atoms with Crippen LogP contribution < -0.4 is 5.32 Å². The summed E-state index contributed by atoms with van der Waals surface area (Å²) in [5.74, 6) is -1.30. The number of aromatic nitrogens is 2. The number of amides is 1. The Morgan fingerprint density at radius 1 is 0.800 bits per heavy atom. The van der Waals surface area contributed by atoms with Crippen LogP contribution >= 0.6 is 11.8 Å². The first-order chi connectivity index (χ1) is 21.9. The second-order valence-corrected chi connectivity index (χ2v) is 11.5. The van der Waals surface area contributed by atoms with Gasteiger partial charge in [-0.25, -0.2) is 14.8 Å². The largest absolute Gasteiger partial charge is 0.478 e. The zero-order valence-corrected chi connectivity index (χ0v) is 25.0. The lowest BCUT2D eigenvalue weighted by atomic mass is 10.0. The third-order valence-corrected chi connectivity index (χ3v) is 8.55. The summed E-state index contributed by atoms with van der Waals surface area (Å²) < 4.78 is 0. The standard InChI is InChI=1S/C37H26N4O3S/c1-23-11-13-24(14-12-23)31-20-17-27(22-38)36(41-31)45-34(26-7-3-2-4-8-26)35(42)39-28-18-15-25(16-19-28)33-21-30(37(43)44)29-9-5-6-10-32(29)40-33/h2-21,34H,1H3,(H,39,42)(H,43,44). The van der Waals surface area contributed by atoms with Gasteiger partial charge in [0.2, 0.25) is 5.91 Å². The van der Waals surface area contributed by atoms with Gasteiger partial charge >= 0.3 is 5.97 Å². The number of hydrogen-bond acceptors (Lipinski definition) is 6. The van der Waals surface area contributed by atoms with Crippen molar-refractivity contribution in [3.05, 3.63) is 144 Å². The predicted molar refractivity (Wildman–Crippen MR) is 177 cm³/mol. The first-order valence-corrected chi connectivity index (χ1v) is 15.0. The molecule has 0 bridgehead atoms. The van der Waals surface area contributed by atoms with Gasteiger partial charge < -0.3 is 10.4 Å². The number of carboxylic acid groups (broad SMARTS) is 1. The summed E-state index contributed by atoms with van der Waals surface area (Å²) >= 11 is 1.23. The van der Waals surface area contributed by atoms with Crippen molar-refractivity contribution in [2.24, 2.45) is 0 Å². The van der Waals surface area contributed by atoms with Crippen molar-refractivity contribution in [1.82, 2.24) is 9.97 Å². The number of para-hydroxylation sites is 1. The van der Waals surface area contributed by atoms with Crippen LogP contribution in [0.4, 0.5) is 5.69 Å². The number of carbonyl (C=O) groups excluding carboxylic acids is 1. The highest BCUT2D eigenvalue weighted by Crippen LogP contribution is 2.38. The molecule has 2 N–H and O–H groups in total. The topological polar surface area (TPSA) is 116 Å². The Bertz CT molecular complexity index is 2070. The molecule has 0 saturated heterocycles. The smallest absolute Gasteiger partial charge is 0.336 e. The van der Waals surface area contributed by atoms with Crippen molar-refractivity contribution in [1.29, 1.82) is 5.26 Å². The van der Waals surface area contributed by atoms with Crippen LogP contribution in [0, 0.1) is 18.3 Å². The van der Waals surface area contributed by atoms with Gasteiger partial charge in [0.15, 0.2) is 0 Å². The second-order valence-electron chi connectivity index (χ2n) is 10.4. The summed E-state index contributed by atoms with van der Waals surface area (Å²) in [5, 5.41) is 23.0. The van der Waals surface area contributed by atoms with Gasteiger partial charge in [-0.2, -0.15) is 5.26 Å². The minimum atomic E-state index is -1.03. The van der Waals surface area contributed by atoms with E-state index in [0.717, 1.165) is 16.7 Å². The number of aryl methyl sites for hydroxylation is 1. The lowest BCUT2D eigenvalue weighted by Crippen LogP contribution is -2.19. The molecule has 7 nitrogen and oxygen atoms in total. The van der Waals surface area contributed by atoms with Gasteiger partial charge in [0.25, 0.3) is 0 Å². The highest BCUT2D eigenvalue weighted by atomic mass is 32.2. The molecule has 6 aromatic rings. The van der Waals surface area contributed by atoms with Gasteiger partial charge in [0, 0.05) is 22.2 Å². The molecule has 2 heterocycles. The van der Waals surface area contributed by atoms with Crippen LogP contribution in [0.15, 0.2) is 126 Å². The van der Waals surface area contributed by atoms with Gasteiger partial charge in [0.05, 0.1) is 28.0 Å². The molecule has 0 saturated carbocycles. The quantitative estimate of drug-likeness (QED) is 0.167. The monoisotopic (exact) mass is 606 g/mol. The van der Waals surface area contributed by atoms with Crippen LogP contribution in [-0.2, 0) is 4.79 Å². The molecule has 0 spiro atoms. The fourth-order valence-corrected chi connectivity index (χ4v) is 6.02. The lowest BCUT2D eigenvalue weighted by molar-refractivity contribution is -0.115. The van der Waals surface area contributed by atoms with Gasteiger partial charge in [-0.1, -0.05) is 102 Å². The number of carboxylic acids is 1. The van der Waals surface area contributed by atoms with E-state index in [2.05, 4.69) is 16.4 Å². The number of nitriles is 1. The van der Waals surface area contributed by atoms with E-state index in [-0.39, 0.29) is 11.5 Å². The molecule has 1 amide bonds. The van der Waals surface area contributed by atoms with Gasteiger partial charge in [-0.15, -0.1) is 0 Å². The number of aromatic carboxylic acids is 1. The van der Waals surface area contributed by atoms with E-state index in [4.69, 9.17) is 4.98 Å². The number of benzene rings is 4. The second kappa shape index (κ2) is 12.8. The minimum absolute atomic E-state index is 0.174. The summed E-state index contributed by atoms with van der Waals surface area (Å²) in [6, 6.07) is 38.9. The van der Waals surface area contributed by atoms with Crippen molar-refractivity contribution in [2.75, 3.05) is 5.32 Å². The minimum Gasteiger partial charge on any atom is -0.478 e. The van der Waals surface area contributed by atoms with Crippen molar-refractivity contribution in [2.45, 2.75) is 17.2 Å². The highest BCUT2D eigenvalue weighted by Gasteiger charge is 2.25. The van der Waals surface area contributed by atoms with Crippen LogP contribution in [0.2, 0.25) is 0 Å². The van der Waals surface area contributed by atoms with Gasteiger partial charge in [0.1, 0.15) is 16.3 Å². The van der Waals surface area contributed by atoms with E-state index in [1.165, 1.54) is 11.8 Å². The van der Waals surface area contributed by atoms with E-state index in [1.54, 1.807) is 54.6 Å². The predicted octanol–water partition coefficient (Wildman–Crippen LogP) is 8.31. The molecule has 4 aromatic carbocycles.